The van der Waals surface area contributed by atoms with Gasteiger partial charge in [0.15, 0.2) is 0 Å². The summed E-state index contributed by atoms with van der Waals surface area (Å²) in [6.07, 6.45) is 14.5. The van der Waals surface area contributed by atoms with E-state index in [1.807, 2.05) is 6.08 Å². The van der Waals surface area contributed by atoms with Crippen LogP contribution in [0.25, 0.3) is 0 Å². The molecule has 4 heteroatoms. The van der Waals surface area contributed by atoms with Crippen LogP contribution in [-0.2, 0) is 4.79 Å². The number of nitrogens with one attached hydrogen (secondary N) is 1. The van der Waals surface area contributed by atoms with Crippen LogP contribution >= 0.6 is 11.8 Å². The number of carbonyl (C=O) groups is 2. The fourth-order valence-electron chi connectivity index (χ4n) is 2.15. The number of hydrogen-bond donors (Lipinski definition) is 1. The zero-order valence-corrected chi connectivity index (χ0v) is 12.7. The zero-order valence-electron chi connectivity index (χ0n) is 11.9. The summed E-state index contributed by atoms with van der Waals surface area (Å²) in [5.74, 6) is -0.231. The van der Waals surface area contributed by atoms with Crippen molar-refractivity contribution >= 4 is 22.9 Å². The first-order chi connectivity index (χ1) is 9.24. The molecule has 1 N–H and O–H groups in total. The van der Waals surface area contributed by atoms with Crippen LogP contribution in [0.1, 0.15) is 71.1 Å². The normalized spacial score (nSPS) is 17.2. The zero-order chi connectivity index (χ0) is 13.9. The average Bonchev–Trinajstić information content (AvgIpc) is 2.70. The minimum absolute atomic E-state index is 0.231. The molecule has 1 fully saturated rings. The average molecular weight is 283 g/mol. The molecule has 0 radical (unpaired) electrons. The predicted molar refractivity (Wildman–Crippen MR) is 81.1 cm³/mol. The Kier molecular flexibility index (Phi) is 8.63. The van der Waals surface area contributed by atoms with Crippen molar-refractivity contribution in [2.75, 3.05) is 0 Å². The summed E-state index contributed by atoms with van der Waals surface area (Å²) in [5, 5.41) is 2.02. The highest BCUT2D eigenvalue weighted by molar-refractivity contribution is 8.18. The van der Waals surface area contributed by atoms with Crippen molar-refractivity contribution < 1.29 is 9.59 Å². The van der Waals surface area contributed by atoms with E-state index < -0.39 is 0 Å². The van der Waals surface area contributed by atoms with Crippen molar-refractivity contribution in [2.24, 2.45) is 0 Å². The van der Waals surface area contributed by atoms with E-state index in [0.29, 0.717) is 4.91 Å². The van der Waals surface area contributed by atoms with Gasteiger partial charge in [-0.2, -0.15) is 0 Å². The number of rotatable bonds is 10. The lowest BCUT2D eigenvalue weighted by Gasteiger charge is -2.00. The standard InChI is InChI=1S/C15H25NO2S/c1-2-3-4-5-6-7-8-9-10-11-12-13-14(17)16-15(18)19-13/h12H,2-11H2,1H3,(H,16,17,18). The topological polar surface area (TPSA) is 46.2 Å². The molecule has 1 aliphatic rings. The van der Waals surface area contributed by atoms with Gasteiger partial charge in [0, 0.05) is 0 Å². The lowest BCUT2D eigenvalue weighted by Crippen LogP contribution is -2.17. The van der Waals surface area contributed by atoms with Gasteiger partial charge in [0.2, 0.25) is 0 Å². The third-order valence-electron chi connectivity index (χ3n) is 3.28. The van der Waals surface area contributed by atoms with Crippen LogP contribution < -0.4 is 5.32 Å². The van der Waals surface area contributed by atoms with Crippen LogP contribution in [0, 0.1) is 0 Å². The summed E-state index contributed by atoms with van der Waals surface area (Å²) >= 11 is 1.01. The molecule has 0 aromatic carbocycles. The maximum atomic E-state index is 11.3. The number of unbranched alkanes of at least 4 members (excludes halogenated alkanes) is 9. The molecule has 0 bridgehead atoms. The van der Waals surface area contributed by atoms with Gasteiger partial charge in [0.05, 0.1) is 4.91 Å². The first kappa shape index (κ1) is 16.3. The van der Waals surface area contributed by atoms with Crippen LogP contribution in [-0.4, -0.2) is 11.1 Å². The molecule has 0 saturated carbocycles. The van der Waals surface area contributed by atoms with E-state index in [0.717, 1.165) is 24.6 Å². The van der Waals surface area contributed by atoms with Gasteiger partial charge in [-0.25, -0.2) is 0 Å². The second kappa shape index (κ2) is 10.1. The largest absolute Gasteiger partial charge is 0.290 e. The Morgan fingerprint density at radius 1 is 0.947 bits per heavy atom. The van der Waals surface area contributed by atoms with Gasteiger partial charge in [-0.05, 0) is 24.6 Å². The Morgan fingerprint density at radius 2 is 1.53 bits per heavy atom. The molecule has 2 amide bonds. The lowest BCUT2D eigenvalue weighted by atomic mass is 10.1. The van der Waals surface area contributed by atoms with Gasteiger partial charge < -0.3 is 0 Å². The summed E-state index contributed by atoms with van der Waals surface area (Å²) in [7, 11) is 0. The second-order valence-corrected chi connectivity index (χ2v) is 6.04. The molecule has 1 aliphatic heterocycles. The molecule has 1 rings (SSSR count). The monoisotopic (exact) mass is 283 g/mol. The van der Waals surface area contributed by atoms with Crippen molar-refractivity contribution in [3.63, 3.8) is 0 Å². The van der Waals surface area contributed by atoms with Crippen LogP contribution in [0.3, 0.4) is 0 Å². The number of carbonyl (C=O) groups excluding carboxylic acids is 2. The first-order valence-corrected chi connectivity index (χ1v) is 8.29. The Morgan fingerprint density at radius 3 is 2.05 bits per heavy atom. The molecule has 108 valence electrons. The molecule has 0 aliphatic carbocycles. The third-order valence-corrected chi connectivity index (χ3v) is 4.14. The maximum Gasteiger partial charge on any atom is 0.290 e. The summed E-state index contributed by atoms with van der Waals surface area (Å²) in [5.41, 5.74) is 0. The highest BCUT2D eigenvalue weighted by atomic mass is 32.2. The molecular formula is C15H25NO2S. The third kappa shape index (κ3) is 7.41. The Bertz CT molecular complexity index is 326. The van der Waals surface area contributed by atoms with Gasteiger partial charge in [-0.3, -0.25) is 14.9 Å². The van der Waals surface area contributed by atoms with E-state index in [2.05, 4.69) is 12.2 Å². The minimum atomic E-state index is -0.247. The van der Waals surface area contributed by atoms with Crippen LogP contribution in [0.4, 0.5) is 4.79 Å². The molecule has 3 nitrogen and oxygen atoms in total. The van der Waals surface area contributed by atoms with Crippen molar-refractivity contribution in [3.8, 4) is 0 Å². The maximum absolute atomic E-state index is 11.3. The summed E-state index contributed by atoms with van der Waals surface area (Å²) in [4.78, 5) is 22.8. The number of thioether (sulfide) groups is 1. The Hall–Kier alpha value is -0.770. The first-order valence-electron chi connectivity index (χ1n) is 7.47. The van der Waals surface area contributed by atoms with Crippen LogP contribution in [0.5, 0.6) is 0 Å². The quantitative estimate of drug-likeness (QED) is 0.464. The molecule has 19 heavy (non-hydrogen) atoms. The molecule has 1 heterocycles. The SMILES string of the molecule is CCCCCCCCCCCC=C1SC(=O)NC1=O. The second-order valence-electron chi connectivity index (χ2n) is 5.03. The molecule has 0 unspecified atom stereocenters. The van der Waals surface area contributed by atoms with Gasteiger partial charge in [-0.1, -0.05) is 64.4 Å². The minimum Gasteiger partial charge on any atom is -0.282 e. The van der Waals surface area contributed by atoms with Crippen molar-refractivity contribution in [3.05, 3.63) is 11.0 Å². The van der Waals surface area contributed by atoms with Gasteiger partial charge in [0.1, 0.15) is 0 Å². The van der Waals surface area contributed by atoms with Gasteiger partial charge >= 0.3 is 0 Å². The fourth-order valence-corrected chi connectivity index (χ4v) is 2.84. The number of allylic oxidation sites excluding steroid dienone is 1. The molecular weight excluding hydrogens is 258 g/mol. The van der Waals surface area contributed by atoms with Crippen molar-refractivity contribution in [2.45, 2.75) is 71.1 Å². The van der Waals surface area contributed by atoms with Crippen LogP contribution in [0.15, 0.2) is 11.0 Å². The Balaban J connectivity index is 1.93. The van der Waals surface area contributed by atoms with Crippen molar-refractivity contribution in [1.82, 2.24) is 5.32 Å². The molecule has 0 aromatic rings. The lowest BCUT2D eigenvalue weighted by molar-refractivity contribution is -0.115. The summed E-state index contributed by atoms with van der Waals surface area (Å²) in [6.45, 7) is 2.24. The molecule has 1 saturated heterocycles. The molecule has 0 atom stereocenters. The van der Waals surface area contributed by atoms with Crippen molar-refractivity contribution in [1.29, 1.82) is 0 Å². The van der Waals surface area contributed by atoms with E-state index in [9.17, 15) is 9.59 Å². The Labute approximate surface area is 120 Å². The van der Waals surface area contributed by atoms with E-state index in [1.54, 1.807) is 0 Å². The smallest absolute Gasteiger partial charge is 0.282 e. The van der Waals surface area contributed by atoms with E-state index in [1.165, 1.54) is 51.4 Å². The summed E-state index contributed by atoms with van der Waals surface area (Å²) < 4.78 is 0. The number of imide groups is 1. The van der Waals surface area contributed by atoms with Gasteiger partial charge in [0.25, 0.3) is 11.1 Å². The highest BCUT2D eigenvalue weighted by Gasteiger charge is 2.24. The number of hydrogen-bond acceptors (Lipinski definition) is 3. The van der Waals surface area contributed by atoms with E-state index in [4.69, 9.17) is 0 Å². The number of amides is 2. The van der Waals surface area contributed by atoms with E-state index >= 15 is 0 Å². The fraction of sp³-hybridized carbons (Fsp3) is 0.733. The molecule has 0 aromatic heterocycles. The van der Waals surface area contributed by atoms with E-state index in [-0.39, 0.29) is 11.1 Å². The highest BCUT2D eigenvalue weighted by Crippen LogP contribution is 2.23. The predicted octanol–water partition coefficient (Wildman–Crippen LogP) is 4.77. The van der Waals surface area contributed by atoms with Crippen LogP contribution in [0.2, 0.25) is 0 Å². The van der Waals surface area contributed by atoms with Gasteiger partial charge in [-0.15, -0.1) is 0 Å². The summed E-state index contributed by atoms with van der Waals surface area (Å²) in [6, 6.07) is 0. The molecule has 0 spiro atoms.